The number of nitrogens with one attached hydrogen (secondary N) is 1. The number of hydrogen-bond acceptors (Lipinski definition) is 5. The highest BCUT2D eigenvalue weighted by Gasteiger charge is 2.33. The van der Waals surface area contributed by atoms with Crippen LogP contribution in [0.25, 0.3) is 0 Å². The Kier molecular flexibility index (Phi) is 6.77. The Labute approximate surface area is 174 Å². The molecule has 1 N–H and O–H groups in total. The molecular weight excluding hydrogens is 419 g/mol. The number of anilines is 1. The molecule has 0 aliphatic carbocycles. The molecule has 156 valence electrons. The van der Waals surface area contributed by atoms with Crippen molar-refractivity contribution in [3.8, 4) is 5.75 Å². The van der Waals surface area contributed by atoms with Crippen molar-refractivity contribution in [1.82, 2.24) is 4.90 Å². The van der Waals surface area contributed by atoms with Crippen molar-refractivity contribution in [2.45, 2.75) is 19.0 Å². The number of carbonyl (C=O) groups is 1. The Hall–Kier alpha value is -2.16. The Morgan fingerprint density at radius 2 is 2.00 bits per heavy atom. The lowest BCUT2D eigenvalue weighted by Crippen LogP contribution is -2.41. The van der Waals surface area contributed by atoms with Crippen LogP contribution in [-0.2, 0) is 21.2 Å². The Morgan fingerprint density at radius 3 is 2.59 bits per heavy atom. The van der Waals surface area contributed by atoms with Crippen LogP contribution in [0, 0.1) is 5.82 Å². The van der Waals surface area contributed by atoms with E-state index in [0.29, 0.717) is 24.4 Å². The predicted molar refractivity (Wildman–Crippen MR) is 111 cm³/mol. The number of rotatable bonds is 7. The van der Waals surface area contributed by atoms with Crippen LogP contribution < -0.4 is 10.1 Å². The second-order valence-corrected chi connectivity index (χ2v) is 9.62. The van der Waals surface area contributed by atoms with Crippen molar-refractivity contribution in [3.05, 3.63) is 58.9 Å². The summed E-state index contributed by atoms with van der Waals surface area (Å²) >= 11 is 5.97. The van der Waals surface area contributed by atoms with E-state index >= 15 is 0 Å². The van der Waals surface area contributed by atoms with E-state index in [-0.39, 0.29) is 35.0 Å². The third kappa shape index (κ3) is 5.91. The van der Waals surface area contributed by atoms with Crippen LogP contribution in [-0.4, -0.2) is 50.4 Å². The van der Waals surface area contributed by atoms with E-state index < -0.39 is 15.7 Å². The predicted octanol–water partition coefficient (Wildman–Crippen LogP) is 3.12. The Morgan fingerprint density at radius 1 is 1.28 bits per heavy atom. The van der Waals surface area contributed by atoms with E-state index in [1.807, 2.05) is 29.2 Å². The van der Waals surface area contributed by atoms with Gasteiger partial charge in [-0.2, -0.15) is 0 Å². The summed E-state index contributed by atoms with van der Waals surface area (Å²) in [5.74, 6) is 0.00434. The molecule has 0 aromatic heterocycles. The summed E-state index contributed by atoms with van der Waals surface area (Å²) in [7, 11) is -1.53. The molecule has 9 heteroatoms. The number of sulfone groups is 1. The molecule has 0 radical (unpaired) electrons. The third-order valence-corrected chi connectivity index (χ3v) is 6.88. The highest BCUT2D eigenvalue weighted by atomic mass is 35.5. The summed E-state index contributed by atoms with van der Waals surface area (Å²) in [4.78, 5) is 14.4. The molecule has 1 aliphatic heterocycles. The number of carbonyl (C=O) groups excluding carboxylic acids is 1. The van der Waals surface area contributed by atoms with Gasteiger partial charge in [0.2, 0.25) is 5.91 Å². The van der Waals surface area contributed by atoms with Gasteiger partial charge in [0.25, 0.3) is 0 Å². The molecular formula is C20H22ClFN2O4S. The summed E-state index contributed by atoms with van der Waals surface area (Å²) in [6, 6.07) is 10.9. The fourth-order valence-electron chi connectivity index (χ4n) is 3.31. The molecule has 1 saturated heterocycles. The summed E-state index contributed by atoms with van der Waals surface area (Å²) in [6.45, 7) is 0.397. The molecule has 2 aromatic carbocycles. The van der Waals surface area contributed by atoms with E-state index in [9.17, 15) is 17.6 Å². The maximum absolute atomic E-state index is 13.2. The number of ether oxygens (including phenoxy) is 1. The van der Waals surface area contributed by atoms with Crippen molar-refractivity contribution < 1.29 is 22.3 Å². The number of nitrogens with zero attached hydrogens (tertiary/aromatic N) is 1. The monoisotopic (exact) mass is 440 g/mol. The highest BCUT2D eigenvalue weighted by molar-refractivity contribution is 7.91. The molecule has 1 fully saturated rings. The van der Waals surface area contributed by atoms with Crippen LogP contribution in [0.15, 0.2) is 42.5 Å². The Bertz CT molecular complexity index is 982. The van der Waals surface area contributed by atoms with Gasteiger partial charge >= 0.3 is 0 Å². The quantitative estimate of drug-likeness (QED) is 0.716. The molecule has 3 rings (SSSR count). The molecule has 6 nitrogen and oxygen atoms in total. The van der Waals surface area contributed by atoms with Crippen LogP contribution in [0.3, 0.4) is 0 Å². The van der Waals surface area contributed by atoms with Gasteiger partial charge in [0.15, 0.2) is 9.84 Å². The van der Waals surface area contributed by atoms with E-state index in [1.165, 1.54) is 12.1 Å². The first kappa shape index (κ1) is 21.5. The molecule has 1 unspecified atom stereocenters. The summed E-state index contributed by atoms with van der Waals surface area (Å²) < 4.78 is 42.2. The molecule has 1 atom stereocenters. The van der Waals surface area contributed by atoms with Gasteiger partial charge in [-0.05, 0) is 42.3 Å². The minimum Gasteiger partial charge on any atom is -0.497 e. The van der Waals surface area contributed by atoms with E-state index in [4.69, 9.17) is 16.3 Å². The van der Waals surface area contributed by atoms with Gasteiger partial charge in [0.1, 0.15) is 11.6 Å². The second-order valence-electron chi connectivity index (χ2n) is 6.98. The maximum Gasteiger partial charge on any atom is 0.238 e. The maximum atomic E-state index is 13.2. The smallest absolute Gasteiger partial charge is 0.238 e. The number of amides is 1. The van der Waals surface area contributed by atoms with Crippen molar-refractivity contribution in [2.75, 3.05) is 30.5 Å². The van der Waals surface area contributed by atoms with Crippen LogP contribution in [0.5, 0.6) is 5.75 Å². The van der Waals surface area contributed by atoms with Crippen molar-refractivity contribution >= 4 is 33.0 Å². The summed E-state index contributed by atoms with van der Waals surface area (Å²) in [5, 5.41) is 2.77. The van der Waals surface area contributed by atoms with E-state index in [2.05, 4.69) is 5.32 Å². The highest BCUT2D eigenvalue weighted by Crippen LogP contribution is 2.24. The van der Waals surface area contributed by atoms with Gasteiger partial charge in [0.05, 0.1) is 35.9 Å². The first-order valence-electron chi connectivity index (χ1n) is 9.08. The number of benzene rings is 2. The standard InChI is InChI=1S/C20H22ClFN2O4S/c1-28-17-5-2-14(3-6-17)11-24(16-8-9-29(26,27)13-16)12-20(25)23-19-7-4-15(22)10-18(19)21/h2-7,10,16H,8-9,11-13H2,1H3,(H,23,25). The second kappa shape index (κ2) is 9.11. The number of hydrogen-bond donors (Lipinski definition) is 1. The van der Waals surface area contributed by atoms with Gasteiger partial charge < -0.3 is 10.1 Å². The zero-order valence-electron chi connectivity index (χ0n) is 15.9. The summed E-state index contributed by atoms with van der Waals surface area (Å²) in [5.41, 5.74) is 1.24. The molecule has 2 aromatic rings. The van der Waals surface area contributed by atoms with Gasteiger partial charge in [-0.1, -0.05) is 23.7 Å². The van der Waals surface area contributed by atoms with Gasteiger partial charge in [-0.15, -0.1) is 0 Å². The zero-order chi connectivity index (χ0) is 21.0. The zero-order valence-corrected chi connectivity index (χ0v) is 17.5. The van der Waals surface area contributed by atoms with Crippen LogP contribution >= 0.6 is 11.6 Å². The molecule has 1 aliphatic rings. The van der Waals surface area contributed by atoms with Gasteiger partial charge in [-0.3, -0.25) is 9.69 Å². The molecule has 0 saturated carbocycles. The number of methoxy groups -OCH3 is 1. The molecule has 1 heterocycles. The fourth-order valence-corrected chi connectivity index (χ4v) is 5.28. The Balaban J connectivity index is 1.74. The first-order valence-corrected chi connectivity index (χ1v) is 11.3. The third-order valence-electron chi connectivity index (χ3n) is 4.82. The normalized spacial score (nSPS) is 18.0. The van der Waals surface area contributed by atoms with Crippen LogP contribution in [0.1, 0.15) is 12.0 Å². The average molecular weight is 441 g/mol. The molecule has 0 spiro atoms. The fraction of sp³-hybridized carbons (Fsp3) is 0.350. The largest absolute Gasteiger partial charge is 0.497 e. The lowest BCUT2D eigenvalue weighted by atomic mass is 10.1. The number of halogens is 2. The lowest BCUT2D eigenvalue weighted by Gasteiger charge is -2.27. The van der Waals surface area contributed by atoms with Crippen molar-refractivity contribution in [2.24, 2.45) is 0 Å². The first-order chi connectivity index (χ1) is 13.8. The minimum atomic E-state index is -3.11. The van der Waals surface area contributed by atoms with Crippen molar-refractivity contribution in [1.29, 1.82) is 0 Å². The minimum absolute atomic E-state index is 0.0140. The van der Waals surface area contributed by atoms with E-state index in [0.717, 1.165) is 11.6 Å². The SMILES string of the molecule is COc1ccc(CN(CC(=O)Nc2ccc(F)cc2Cl)C2CCS(=O)(=O)C2)cc1. The van der Waals surface area contributed by atoms with E-state index in [1.54, 1.807) is 7.11 Å². The van der Waals surface area contributed by atoms with Gasteiger partial charge in [0, 0.05) is 12.6 Å². The van der Waals surface area contributed by atoms with Crippen LogP contribution in [0.2, 0.25) is 5.02 Å². The molecule has 29 heavy (non-hydrogen) atoms. The molecule has 0 bridgehead atoms. The summed E-state index contributed by atoms with van der Waals surface area (Å²) in [6.07, 6.45) is 0.475. The molecule has 1 amide bonds. The topological polar surface area (TPSA) is 75.7 Å². The van der Waals surface area contributed by atoms with Gasteiger partial charge in [-0.25, -0.2) is 12.8 Å². The van der Waals surface area contributed by atoms with Crippen LogP contribution in [0.4, 0.5) is 10.1 Å². The average Bonchev–Trinajstić information content (AvgIpc) is 3.04. The van der Waals surface area contributed by atoms with Crippen molar-refractivity contribution in [3.63, 3.8) is 0 Å². The lowest BCUT2D eigenvalue weighted by molar-refractivity contribution is -0.117.